The molecule has 0 radical (unpaired) electrons. The minimum absolute atomic E-state index is 0.0975. The molecule has 0 aromatic rings. The van der Waals surface area contributed by atoms with Crippen molar-refractivity contribution < 1.29 is 9.90 Å². The van der Waals surface area contributed by atoms with Gasteiger partial charge in [0.1, 0.15) is 0 Å². The highest BCUT2D eigenvalue weighted by Crippen LogP contribution is 2.32. The SMILES string of the molecule is CC(C)(N)C(C)(C)C(=O)NCC(O)C1CC1. The third-order valence-electron chi connectivity index (χ3n) is 3.82. The number of aliphatic hydroxyl groups is 1. The zero-order chi connectivity index (χ0) is 12.6. The van der Waals surface area contributed by atoms with Crippen LogP contribution in [0.15, 0.2) is 0 Å². The van der Waals surface area contributed by atoms with Gasteiger partial charge in [0.25, 0.3) is 0 Å². The van der Waals surface area contributed by atoms with E-state index in [4.69, 9.17) is 5.73 Å². The quantitative estimate of drug-likeness (QED) is 0.646. The lowest BCUT2D eigenvalue weighted by atomic mass is 9.74. The Morgan fingerprint density at radius 2 is 1.94 bits per heavy atom. The average molecular weight is 228 g/mol. The van der Waals surface area contributed by atoms with Crippen LogP contribution >= 0.6 is 0 Å². The van der Waals surface area contributed by atoms with Crippen LogP contribution in [-0.4, -0.2) is 29.2 Å². The standard InChI is InChI=1S/C12H24N2O2/c1-11(2,12(3,4)13)10(16)14-7-9(15)8-5-6-8/h8-9,15H,5-7,13H2,1-4H3,(H,14,16). The summed E-state index contributed by atoms with van der Waals surface area (Å²) < 4.78 is 0. The fraction of sp³-hybridized carbons (Fsp3) is 0.917. The number of carbonyl (C=O) groups excluding carboxylic acids is 1. The lowest BCUT2D eigenvalue weighted by Gasteiger charge is -2.37. The second-order valence-corrected chi connectivity index (χ2v) is 5.96. The van der Waals surface area contributed by atoms with Gasteiger partial charge in [-0.3, -0.25) is 4.79 Å². The molecule has 1 amide bonds. The Bertz CT molecular complexity index is 265. The molecule has 4 heteroatoms. The van der Waals surface area contributed by atoms with E-state index in [0.717, 1.165) is 12.8 Å². The minimum atomic E-state index is -0.643. The van der Waals surface area contributed by atoms with Crippen LogP contribution in [0.25, 0.3) is 0 Å². The van der Waals surface area contributed by atoms with Crippen LogP contribution in [0.2, 0.25) is 0 Å². The Labute approximate surface area is 97.6 Å². The normalized spacial score (nSPS) is 19.4. The minimum Gasteiger partial charge on any atom is -0.391 e. The van der Waals surface area contributed by atoms with Crippen LogP contribution in [0.5, 0.6) is 0 Å². The molecule has 1 saturated carbocycles. The van der Waals surface area contributed by atoms with Gasteiger partial charge in [-0.1, -0.05) is 0 Å². The zero-order valence-corrected chi connectivity index (χ0v) is 10.7. The summed E-state index contributed by atoms with van der Waals surface area (Å²) in [5.41, 5.74) is 4.75. The van der Waals surface area contributed by atoms with E-state index in [1.54, 1.807) is 0 Å². The Balaban J connectivity index is 2.44. The molecule has 0 aromatic carbocycles. The second-order valence-electron chi connectivity index (χ2n) is 5.96. The first-order valence-electron chi connectivity index (χ1n) is 5.91. The molecular weight excluding hydrogens is 204 g/mol. The van der Waals surface area contributed by atoms with Gasteiger partial charge in [-0.2, -0.15) is 0 Å². The molecule has 16 heavy (non-hydrogen) atoms. The summed E-state index contributed by atoms with van der Waals surface area (Å²) >= 11 is 0. The molecular formula is C12H24N2O2. The number of hydrogen-bond acceptors (Lipinski definition) is 3. The summed E-state index contributed by atoms with van der Waals surface area (Å²) in [6, 6.07) is 0. The highest BCUT2D eigenvalue weighted by molar-refractivity contribution is 5.83. The summed E-state index contributed by atoms with van der Waals surface area (Å²) in [4.78, 5) is 12.0. The van der Waals surface area contributed by atoms with Gasteiger partial charge in [-0.05, 0) is 46.5 Å². The molecule has 1 atom stereocenters. The van der Waals surface area contributed by atoms with Gasteiger partial charge in [0.15, 0.2) is 0 Å². The van der Waals surface area contributed by atoms with E-state index in [0.29, 0.717) is 12.5 Å². The van der Waals surface area contributed by atoms with Crippen molar-refractivity contribution >= 4 is 5.91 Å². The lowest BCUT2D eigenvalue weighted by molar-refractivity contribution is -0.132. The number of carbonyl (C=O) groups is 1. The number of amides is 1. The number of aliphatic hydroxyl groups excluding tert-OH is 1. The van der Waals surface area contributed by atoms with Crippen LogP contribution < -0.4 is 11.1 Å². The van der Waals surface area contributed by atoms with E-state index >= 15 is 0 Å². The van der Waals surface area contributed by atoms with Crippen LogP contribution in [0.3, 0.4) is 0 Å². The van der Waals surface area contributed by atoms with Gasteiger partial charge in [-0.25, -0.2) is 0 Å². The monoisotopic (exact) mass is 228 g/mol. The van der Waals surface area contributed by atoms with Gasteiger partial charge >= 0.3 is 0 Å². The summed E-state index contributed by atoms with van der Waals surface area (Å²) in [7, 11) is 0. The van der Waals surface area contributed by atoms with Crippen LogP contribution in [0.1, 0.15) is 40.5 Å². The van der Waals surface area contributed by atoms with Gasteiger partial charge in [0, 0.05) is 12.1 Å². The number of rotatable bonds is 5. The highest BCUT2D eigenvalue weighted by atomic mass is 16.3. The maximum atomic E-state index is 12.0. The van der Waals surface area contributed by atoms with Gasteiger partial charge in [-0.15, -0.1) is 0 Å². The summed E-state index contributed by atoms with van der Waals surface area (Å²) in [6.07, 6.45) is 1.74. The Morgan fingerprint density at radius 3 is 2.31 bits per heavy atom. The zero-order valence-electron chi connectivity index (χ0n) is 10.7. The number of nitrogens with one attached hydrogen (secondary N) is 1. The van der Waals surface area contributed by atoms with E-state index in [-0.39, 0.29) is 5.91 Å². The van der Waals surface area contributed by atoms with E-state index in [2.05, 4.69) is 5.32 Å². The van der Waals surface area contributed by atoms with E-state index < -0.39 is 17.1 Å². The average Bonchev–Trinajstić information content (AvgIpc) is 2.94. The third kappa shape index (κ3) is 2.95. The molecule has 0 saturated heterocycles. The molecule has 1 aliphatic rings. The first-order chi connectivity index (χ1) is 7.16. The molecule has 0 spiro atoms. The van der Waals surface area contributed by atoms with Crippen molar-refractivity contribution in [2.24, 2.45) is 17.1 Å². The molecule has 4 nitrogen and oxygen atoms in total. The molecule has 0 aromatic heterocycles. The summed E-state index contributed by atoms with van der Waals surface area (Å²) in [5.74, 6) is 0.286. The number of nitrogens with two attached hydrogens (primary N) is 1. The van der Waals surface area contributed by atoms with E-state index in [9.17, 15) is 9.90 Å². The smallest absolute Gasteiger partial charge is 0.227 e. The Kier molecular flexibility index (Phi) is 3.65. The third-order valence-corrected chi connectivity index (χ3v) is 3.82. The fourth-order valence-electron chi connectivity index (χ4n) is 1.36. The molecule has 1 aliphatic carbocycles. The largest absolute Gasteiger partial charge is 0.391 e. The lowest BCUT2D eigenvalue weighted by Crippen LogP contribution is -2.56. The van der Waals surface area contributed by atoms with E-state index in [1.165, 1.54) is 0 Å². The van der Waals surface area contributed by atoms with Crippen LogP contribution in [-0.2, 0) is 4.79 Å². The predicted octanol–water partition coefficient (Wildman–Crippen LogP) is 0.637. The Hall–Kier alpha value is -0.610. The van der Waals surface area contributed by atoms with Crippen molar-refractivity contribution in [1.29, 1.82) is 0 Å². The fourth-order valence-corrected chi connectivity index (χ4v) is 1.36. The van der Waals surface area contributed by atoms with Gasteiger partial charge in [0.2, 0.25) is 5.91 Å². The summed E-state index contributed by atoms with van der Waals surface area (Å²) in [5, 5.41) is 12.4. The van der Waals surface area contributed by atoms with Crippen molar-refractivity contribution in [1.82, 2.24) is 5.32 Å². The number of hydrogen-bond donors (Lipinski definition) is 3. The predicted molar refractivity (Wildman–Crippen MR) is 63.8 cm³/mol. The van der Waals surface area contributed by atoms with Gasteiger partial charge < -0.3 is 16.2 Å². The molecule has 0 bridgehead atoms. The van der Waals surface area contributed by atoms with Crippen molar-refractivity contribution in [2.45, 2.75) is 52.2 Å². The topological polar surface area (TPSA) is 75.4 Å². The first-order valence-corrected chi connectivity index (χ1v) is 5.91. The van der Waals surface area contributed by atoms with Crippen molar-refractivity contribution in [3.8, 4) is 0 Å². The van der Waals surface area contributed by atoms with Crippen molar-refractivity contribution in [3.63, 3.8) is 0 Å². The molecule has 1 fully saturated rings. The molecule has 1 rings (SSSR count). The molecule has 0 heterocycles. The molecule has 0 aliphatic heterocycles. The van der Waals surface area contributed by atoms with Crippen molar-refractivity contribution in [2.75, 3.05) is 6.54 Å². The highest BCUT2D eigenvalue weighted by Gasteiger charge is 2.40. The maximum absolute atomic E-state index is 12.0. The van der Waals surface area contributed by atoms with Gasteiger partial charge in [0.05, 0.1) is 11.5 Å². The molecule has 4 N–H and O–H groups in total. The van der Waals surface area contributed by atoms with Crippen LogP contribution in [0.4, 0.5) is 0 Å². The van der Waals surface area contributed by atoms with Crippen LogP contribution in [0, 0.1) is 11.3 Å². The first kappa shape index (κ1) is 13.5. The molecule has 1 unspecified atom stereocenters. The second kappa shape index (κ2) is 4.34. The maximum Gasteiger partial charge on any atom is 0.227 e. The Morgan fingerprint density at radius 1 is 1.44 bits per heavy atom. The van der Waals surface area contributed by atoms with E-state index in [1.807, 2.05) is 27.7 Å². The molecule has 94 valence electrons. The summed E-state index contributed by atoms with van der Waals surface area (Å²) in [6.45, 7) is 7.66. The van der Waals surface area contributed by atoms with Crippen molar-refractivity contribution in [3.05, 3.63) is 0 Å².